The Morgan fingerprint density at radius 3 is 2.48 bits per heavy atom. The van der Waals surface area contributed by atoms with Crippen molar-refractivity contribution in [1.82, 2.24) is 5.32 Å². The van der Waals surface area contributed by atoms with Crippen LogP contribution in [-0.2, 0) is 16.3 Å². The van der Waals surface area contributed by atoms with E-state index in [0.717, 1.165) is 25.8 Å². The van der Waals surface area contributed by atoms with Gasteiger partial charge in [-0.2, -0.15) is 0 Å². The molecule has 0 amide bonds. The van der Waals surface area contributed by atoms with Crippen LogP contribution in [0.5, 0.6) is 0 Å². The van der Waals surface area contributed by atoms with E-state index in [-0.39, 0.29) is 0 Å². The number of hydrogen-bond acceptors (Lipinski definition) is 3. The van der Waals surface area contributed by atoms with Gasteiger partial charge in [0.1, 0.15) is 9.84 Å². The van der Waals surface area contributed by atoms with Crippen molar-refractivity contribution in [2.24, 2.45) is 5.92 Å². The largest absolute Gasteiger partial charge is 0.314 e. The number of nitrogens with one attached hydrogen (secondary N) is 1. The quantitative estimate of drug-likeness (QED) is 0.763. The highest BCUT2D eigenvalue weighted by Crippen LogP contribution is 2.21. The lowest BCUT2D eigenvalue weighted by atomic mass is 9.94. The topological polar surface area (TPSA) is 46.2 Å². The maximum absolute atomic E-state index is 11.3. The smallest absolute Gasteiger partial charge is 0.147 e. The fourth-order valence-electron chi connectivity index (χ4n) is 2.59. The Balaban J connectivity index is 1.85. The van der Waals surface area contributed by atoms with Crippen LogP contribution in [0.4, 0.5) is 0 Å². The minimum atomic E-state index is -2.84. The summed E-state index contributed by atoms with van der Waals surface area (Å²) in [5.41, 5.74) is 2.63. The molecule has 0 aromatic heterocycles. The van der Waals surface area contributed by atoms with E-state index in [1.807, 2.05) is 0 Å². The van der Waals surface area contributed by atoms with Crippen molar-refractivity contribution in [3.05, 3.63) is 35.4 Å². The van der Waals surface area contributed by atoms with Gasteiger partial charge in [0.15, 0.2) is 0 Å². The van der Waals surface area contributed by atoms with Gasteiger partial charge in [-0.15, -0.1) is 0 Å². The molecule has 1 N–H and O–H groups in total. The highest BCUT2D eigenvalue weighted by Gasteiger charge is 2.22. The Labute approximate surface area is 129 Å². The summed E-state index contributed by atoms with van der Waals surface area (Å²) in [7, 11) is -2.84. The number of hydrogen-bond donors (Lipinski definition) is 1. The van der Waals surface area contributed by atoms with Crippen LogP contribution in [0.3, 0.4) is 0 Å². The summed E-state index contributed by atoms with van der Waals surface area (Å²) in [5, 5.41) is 3.59. The molecule has 3 nitrogen and oxygen atoms in total. The molecule has 1 atom stereocenters. The third-order valence-electron chi connectivity index (χ3n) is 4.05. The first-order chi connectivity index (χ1) is 9.92. The summed E-state index contributed by atoms with van der Waals surface area (Å²) >= 11 is 0. The van der Waals surface area contributed by atoms with Crippen LogP contribution in [0, 0.1) is 12.8 Å². The van der Waals surface area contributed by atoms with Crippen LogP contribution in [-0.4, -0.2) is 33.0 Å². The van der Waals surface area contributed by atoms with Crippen molar-refractivity contribution in [2.75, 3.05) is 18.6 Å². The van der Waals surface area contributed by atoms with Crippen LogP contribution in [0.2, 0.25) is 0 Å². The minimum Gasteiger partial charge on any atom is -0.314 e. The maximum Gasteiger partial charge on any atom is 0.147 e. The molecule has 0 heterocycles. The second-order valence-corrected chi connectivity index (χ2v) is 8.77. The lowest BCUT2D eigenvalue weighted by Gasteiger charge is -2.18. The Morgan fingerprint density at radius 1 is 1.24 bits per heavy atom. The highest BCUT2D eigenvalue weighted by atomic mass is 32.2. The number of rotatable bonds is 9. The second kappa shape index (κ2) is 7.41. The normalized spacial score (nSPS) is 16.9. The fourth-order valence-corrected chi connectivity index (χ4v) is 3.28. The summed E-state index contributed by atoms with van der Waals surface area (Å²) in [5.74, 6) is 0.830. The summed E-state index contributed by atoms with van der Waals surface area (Å²) in [6.45, 7) is 3.10. The zero-order valence-corrected chi connectivity index (χ0v) is 14.0. The molecule has 118 valence electrons. The molecule has 1 aromatic carbocycles. The summed E-state index contributed by atoms with van der Waals surface area (Å²) in [6, 6.07) is 9.39. The Bertz CT molecular complexity index is 532. The molecule has 1 saturated carbocycles. The van der Waals surface area contributed by atoms with Crippen molar-refractivity contribution in [3.8, 4) is 0 Å². The molecule has 0 spiro atoms. The van der Waals surface area contributed by atoms with E-state index in [2.05, 4.69) is 36.5 Å². The molecular weight excluding hydrogens is 282 g/mol. The molecule has 21 heavy (non-hydrogen) atoms. The Hall–Kier alpha value is -0.870. The zero-order valence-electron chi connectivity index (χ0n) is 13.1. The van der Waals surface area contributed by atoms with Gasteiger partial charge in [-0.25, -0.2) is 8.42 Å². The molecule has 0 bridgehead atoms. The van der Waals surface area contributed by atoms with E-state index in [0.29, 0.717) is 17.7 Å². The predicted octanol–water partition coefficient (Wildman–Crippen LogP) is 2.73. The molecule has 0 radical (unpaired) electrons. The van der Waals surface area contributed by atoms with Crippen molar-refractivity contribution in [3.63, 3.8) is 0 Å². The average Bonchev–Trinajstić information content (AvgIpc) is 3.21. The standard InChI is InChI=1S/C17H27NO2S/c1-14-5-7-15(8-6-14)12-16(13-18-17-9-10-17)4-3-11-21(2,19)20/h5-8,16-18H,3-4,9-13H2,1-2H3. The van der Waals surface area contributed by atoms with E-state index in [9.17, 15) is 8.42 Å². The molecule has 2 rings (SSSR count). The van der Waals surface area contributed by atoms with Crippen molar-refractivity contribution in [1.29, 1.82) is 0 Å². The third kappa shape index (κ3) is 7.09. The highest BCUT2D eigenvalue weighted by molar-refractivity contribution is 7.90. The molecule has 1 aliphatic rings. The van der Waals surface area contributed by atoms with Gasteiger partial charge in [-0.3, -0.25) is 0 Å². The lowest BCUT2D eigenvalue weighted by molar-refractivity contribution is 0.437. The molecule has 0 aliphatic heterocycles. The van der Waals surface area contributed by atoms with Crippen LogP contribution < -0.4 is 5.32 Å². The number of sulfone groups is 1. The van der Waals surface area contributed by atoms with E-state index in [1.165, 1.54) is 30.2 Å². The fraction of sp³-hybridized carbons (Fsp3) is 0.647. The van der Waals surface area contributed by atoms with Crippen LogP contribution in [0.1, 0.15) is 36.8 Å². The van der Waals surface area contributed by atoms with Crippen LogP contribution in [0.25, 0.3) is 0 Å². The lowest BCUT2D eigenvalue weighted by Crippen LogP contribution is -2.26. The third-order valence-corrected chi connectivity index (χ3v) is 5.08. The molecule has 1 fully saturated rings. The maximum atomic E-state index is 11.3. The van der Waals surface area contributed by atoms with Gasteiger partial charge >= 0.3 is 0 Å². The molecular formula is C17H27NO2S. The summed E-state index contributed by atoms with van der Waals surface area (Å²) < 4.78 is 22.5. The summed E-state index contributed by atoms with van der Waals surface area (Å²) in [6.07, 6.45) is 6.68. The van der Waals surface area contributed by atoms with E-state index in [1.54, 1.807) is 0 Å². The van der Waals surface area contributed by atoms with E-state index < -0.39 is 9.84 Å². The second-order valence-electron chi connectivity index (χ2n) is 6.51. The van der Waals surface area contributed by atoms with Crippen molar-refractivity contribution in [2.45, 2.75) is 45.1 Å². The minimum absolute atomic E-state index is 0.306. The molecule has 1 unspecified atom stereocenters. The first-order valence-electron chi connectivity index (χ1n) is 7.89. The first kappa shape index (κ1) is 16.5. The monoisotopic (exact) mass is 309 g/mol. The first-order valence-corrected chi connectivity index (χ1v) is 9.95. The van der Waals surface area contributed by atoms with Gasteiger partial charge in [0, 0.05) is 18.1 Å². The number of benzene rings is 1. The van der Waals surface area contributed by atoms with Crippen LogP contribution >= 0.6 is 0 Å². The van der Waals surface area contributed by atoms with Gasteiger partial charge in [-0.1, -0.05) is 29.8 Å². The van der Waals surface area contributed by atoms with Gasteiger partial charge in [-0.05, 0) is 57.1 Å². The Kier molecular flexibility index (Phi) is 5.82. The molecule has 0 saturated heterocycles. The van der Waals surface area contributed by atoms with E-state index in [4.69, 9.17) is 0 Å². The number of aryl methyl sites for hydroxylation is 1. The Morgan fingerprint density at radius 2 is 1.90 bits per heavy atom. The molecule has 1 aliphatic carbocycles. The van der Waals surface area contributed by atoms with Gasteiger partial charge in [0.2, 0.25) is 0 Å². The van der Waals surface area contributed by atoms with Gasteiger partial charge in [0.25, 0.3) is 0 Å². The average molecular weight is 309 g/mol. The van der Waals surface area contributed by atoms with Crippen molar-refractivity contribution >= 4 is 9.84 Å². The van der Waals surface area contributed by atoms with Crippen molar-refractivity contribution < 1.29 is 8.42 Å². The predicted molar refractivity (Wildman–Crippen MR) is 88.3 cm³/mol. The molecule has 4 heteroatoms. The zero-order chi connectivity index (χ0) is 15.3. The van der Waals surface area contributed by atoms with E-state index >= 15 is 0 Å². The summed E-state index contributed by atoms with van der Waals surface area (Å²) in [4.78, 5) is 0. The SMILES string of the molecule is Cc1ccc(CC(CCCS(C)(=O)=O)CNC2CC2)cc1. The van der Waals surface area contributed by atoms with Gasteiger partial charge < -0.3 is 5.32 Å². The molecule has 1 aromatic rings. The van der Waals surface area contributed by atoms with Gasteiger partial charge in [0.05, 0.1) is 0 Å². The van der Waals surface area contributed by atoms with Crippen LogP contribution in [0.15, 0.2) is 24.3 Å².